The summed E-state index contributed by atoms with van der Waals surface area (Å²) in [4.78, 5) is 33.3. The lowest BCUT2D eigenvalue weighted by Gasteiger charge is -2.38. The molecule has 0 aromatic carbocycles. The monoisotopic (exact) mass is 448 g/mol. The SMILES string of the molecule is CCCNC(=O)[C@@H]1[C@@H](CO)[C@@H]2Cn3c(ccc(C4=CCCC4)c3=O)[C@H]1N2Cc1ccncc1. The molecule has 0 radical (unpaired) electrons. The average molecular weight is 449 g/mol. The topological polar surface area (TPSA) is 87.5 Å². The fraction of sp³-hybridized carbons (Fsp3) is 0.500. The third-order valence-corrected chi connectivity index (χ3v) is 7.52. The second kappa shape index (κ2) is 9.23. The maximum atomic E-state index is 13.6. The predicted octanol–water partition coefficient (Wildman–Crippen LogP) is 2.50. The van der Waals surface area contributed by atoms with Crippen LogP contribution in [0.4, 0.5) is 0 Å². The summed E-state index contributed by atoms with van der Waals surface area (Å²) in [6, 6.07) is 7.60. The van der Waals surface area contributed by atoms with Crippen molar-refractivity contribution in [3.8, 4) is 0 Å². The average Bonchev–Trinajstić information content (AvgIpc) is 3.43. The molecular formula is C26H32N4O3. The molecule has 0 unspecified atom stereocenters. The lowest BCUT2D eigenvalue weighted by Crippen LogP contribution is -2.46. The number of pyridine rings is 2. The first kappa shape index (κ1) is 22.0. The highest BCUT2D eigenvalue weighted by molar-refractivity contribution is 5.80. The van der Waals surface area contributed by atoms with Crippen LogP contribution in [0.1, 0.15) is 55.5 Å². The van der Waals surface area contributed by atoms with E-state index in [9.17, 15) is 14.7 Å². The molecule has 2 aromatic rings. The second-order valence-electron chi connectivity index (χ2n) is 9.41. The van der Waals surface area contributed by atoms with Crippen LogP contribution in [0.3, 0.4) is 0 Å². The van der Waals surface area contributed by atoms with E-state index in [2.05, 4.69) is 21.3 Å². The number of aromatic nitrogens is 2. The molecule has 4 heterocycles. The number of nitrogens with zero attached hydrogens (tertiary/aromatic N) is 3. The Hall–Kier alpha value is -2.77. The van der Waals surface area contributed by atoms with Gasteiger partial charge in [0, 0.05) is 61.9 Å². The molecule has 1 saturated heterocycles. The molecule has 2 bridgehead atoms. The smallest absolute Gasteiger partial charge is 0.258 e. The van der Waals surface area contributed by atoms with E-state index < -0.39 is 5.92 Å². The zero-order valence-electron chi connectivity index (χ0n) is 19.1. The molecule has 174 valence electrons. The van der Waals surface area contributed by atoms with Crippen molar-refractivity contribution in [1.82, 2.24) is 19.8 Å². The maximum Gasteiger partial charge on any atom is 0.258 e. The van der Waals surface area contributed by atoms with Gasteiger partial charge in [0.2, 0.25) is 5.91 Å². The van der Waals surface area contributed by atoms with Gasteiger partial charge in [0.05, 0.1) is 12.0 Å². The number of hydrogen-bond donors (Lipinski definition) is 2. The van der Waals surface area contributed by atoms with E-state index in [1.54, 1.807) is 12.4 Å². The fourth-order valence-corrected chi connectivity index (χ4v) is 5.97. The number of carbonyl (C=O) groups is 1. The van der Waals surface area contributed by atoms with E-state index >= 15 is 0 Å². The molecule has 7 heteroatoms. The highest BCUT2D eigenvalue weighted by atomic mass is 16.3. The summed E-state index contributed by atoms with van der Waals surface area (Å²) < 4.78 is 1.88. The largest absolute Gasteiger partial charge is 0.396 e. The summed E-state index contributed by atoms with van der Waals surface area (Å²) in [5.74, 6) is -0.674. The summed E-state index contributed by atoms with van der Waals surface area (Å²) >= 11 is 0. The van der Waals surface area contributed by atoms with Gasteiger partial charge < -0.3 is 15.0 Å². The minimum atomic E-state index is -0.405. The van der Waals surface area contributed by atoms with Crippen LogP contribution in [0, 0.1) is 11.8 Å². The van der Waals surface area contributed by atoms with E-state index in [1.165, 1.54) is 0 Å². The lowest BCUT2D eigenvalue weighted by molar-refractivity contribution is -0.127. The number of aliphatic hydroxyl groups is 1. The van der Waals surface area contributed by atoms with Crippen LogP contribution in [-0.4, -0.2) is 44.7 Å². The van der Waals surface area contributed by atoms with Gasteiger partial charge in [-0.3, -0.25) is 19.5 Å². The van der Waals surface area contributed by atoms with Crippen molar-refractivity contribution in [2.75, 3.05) is 13.2 Å². The molecule has 0 spiro atoms. The molecule has 33 heavy (non-hydrogen) atoms. The molecule has 5 rings (SSSR count). The van der Waals surface area contributed by atoms with Gasteiger partial charge in [-0.05, 0) is 61.1 Å². The molecule has 1 amide bonds. The molecule has 2 aromatic heterocycles. The summed E-state index contributed by atoms with van der Waals surface area (Å²) in [5, 5.41) is 13.5. The van der Waals surface area contributed by atoms with Crippen molar-refractivity contribution in [1.29, 1.82) is 0 Å². The van der Waals surface area contributed by atoms with Gasteiger partial charge >= 0.3 is 0 Å². The van der Waals surface area contributed by atoms with E-state index in [0.717, 1.165) is 48.1 Å². The van der Waals surface area contributed by atoms with Crippen LogP contribution in [-0.2, 0) is 17.9 Å². The lowest BCUT2D eigenvalue weighted by atomic mass is 9.86. The van der Waals surface area contributed by atoms with Crippen LogP contribution < -0.4 is 10.9 Å². The summed E-state index contributed by atoms with van der Waals surface area (Å²) in [6.45, 7) is 3.68. The van der Waals surface area contributed by atoms with Crippen LogP contribution in [0.25, 0.3) is 5.57 Å². The molecule has 2 aliphatic heterocycles. The third-order valence-electron chi connectivity index (χ3n) is 7.52. The van der Waals surface area contributed by atoms with Crippen molar-refractivity contribution in [2.45, 2.75) is 57.8 Å². The van der Waals surface area contributed by atoms with Crippen molar-refractivity contribution in [2.24, 2.45) is 11.8 Å². The van der Waals surface area contributed by atoms with Gasteiger partial charge in [-0.1, -0.05) is 13.0 Å². The van der Waals surface area contributed by atoms with Gasteiger partial charge in [0.15, 0.2) is 0 Å². The number of nitrogens with one attached hydrogen (secondary N) is 1. The van der Waals surface area contributed by atoms with Crippen molar-refractivity contribution in [3.05, 3.63) is 69.9 Å². The Morgan fingerprint density at radius 3 is 2.76 bits per heavy atom. The number of allylic oxidation sites excluding steroid dienone is 2. The van der Waals surface area contributed by atoms with E-state index in [4.69, 9.17) is 0 Å². The Morgan fingerprint density at radius 1 is 1.24 bits per heavy atom. The Labute approximate surface area is 194 Å². The first-order chi connectivity index (χ1) is 16.1. The zero-order chi connectivity index (χ0) is 22.9. The Balaban J connectivity index is 1.59. The first-order valence-electron chi connectivity index (χ1n) is 12.1. The van der Waals surface area contributed by atoms with Crippen molar-refractivity contribution in [3.63, 3.8) is 0 Å². The predicted molar refractivity (Wildman–Crippen MR) is 126 cm³/mol. The van der Waals surface area contributed by atoms with Gasteiger partial charge in [-0.15, -0.1) is 0 Å². The zero-order valence-corrected chi connectivity index (χ0v) is 19.1. The van der Waals surface area contributed by atoms with Crippen LogP contribution in [0.5, 0.6) is 0 Å². The van der Waals surface area contributed by atoms with Crippen molar-refractivity contribution < 1.29 is 9.90 Å². The van der Waals surface area contributed by atoms with E-state index in [-0.39, 0.29) is 36.1 Å². The molecule has 0 saturated carbocycles. The van der Waals surface area contributed by atoms with Gasteiger partial charge in [0.25, 0.3) is 5.56 Å². The number of carbonyl (C=O) groups excluding carboxylic acids is 1. The molecule has 1 fully saturated rings. The number of hydrogen-bond acceptors (Lipinski definition) is 5. The Morgan fingerprint density at radius 2 is 2.06 bits per heavy atom. The summed E-state index contributed by atoms with van der Waals surface area (Å²) in [6.07, 6.45) is 9.63. The highest BCUT2D eigenvalue weighted by Crippen LogP contribution is 2.49. The quantitative estimate of drug-likeness (QED) is 0.680. The van der Waals surface area contributed by atoms with Gasteiger partial charge in [-0.2, -0.15) is 0 Å². The number of amides is 1. The Bertz CT molecular complexity index is 1110. The molecule has 3 aliphatic rings. The first-order valence-corrected chi connectivity index (χ1v) is 12.1. The Kier molecular flexibility index (Phi) is 6.17. The normalized spacial score (nSPS) is 26.2. The number of aliphatic hydroxyl groups excluding tert-OH is 1. The fourth-order valence-electron chi connectivity index (χ4n) is 5.97. The van der Waals surface area contributed by atoms with Gasteiger partial charge in [-0.25, -0.2) is 0 Å². The molecular weight excluding hydrogens is 416 g/mol. The van der Waals surface area contributed by atoms with E-state index in [1.807, 2.05) is 35.8 Å². The summed E-state index contributed by atoms with van der Waals surface area (Å²) in [5.41, 5.74) is 3.93. The van der Waals surface area contributed by atoms with Crippen LogP contribution in [0.15, 0.2) is 47.5 Å². The second-order valence-corrected chi connectivity index (χ2v) is 9.41. The minimum absolute atomic E-state index is 0.0329. The molecule has 7 nitrogen and oxygen atoms in total. The molecule has 4 atom stereocenters. The standard InChI is InChI=1S/C26H32N4O3/c1-2-11-28-25(32)23-20(16-31)22-15-30-21(8-7-19(26(30)33)18-5-3-4-6-18)24(23)29(22)14-17-9-12-27-13-10-17/h5,7-10,12-13,20,22-24,31H,2-4,6,11,14-16H2,1H3,(H,28,32)/t20-,22-,23+,24+/m0/s1. The summed E-state index contributed by atoms with van der Waals surface area (Å²) in [7, 11) is 0. The minimum Gasteiger partial charge on any atom is -0.396 e. The maximum absolute atomic E-state index is 13.6. The van der Waals surface area contributed by atoms with Crippen LogP contribution in [0.2, 0.25) is 0 Å². The van der Waals surface area contributed by atoms with Crippen molar-refractivity contribution >= 4 is 11.5 Å². The van der Waals surface area contributed by atoms with E-state index in [0.29, 0.717) is 19.6 Å². The molecule has 1 aliphatic carbocycles. The molecule has 2 N–H and O–H groups in total. The third kappa shape index (κ3) is 3.83. The number of fused-ring (bicyclic) bond motifs is 4. The number of rotatable bonds is 7. The van der Waals surface area contributed by atoms with Gasteiger partial charge in [0.1, 0.15) is 0 Å². The highest BCUT2D eigenvalue weighted by Gasteiger charge is 2.55. The van der Waals surface area contributed by atoms with Crippen LogP contribution >= 0.6 is 0 Å².